The number of nitro benzene ring substituents is 1. The highest BCUT2D eigenvalue weighted by atomic mass is 35.5. The van der Waals surface area contributed by atoms with E-state index in [9.17, 15) is 14.9 Å². The molecule has 0 saturated heterocycles. The van der Waals surface area contributed by atoms with Gasteiger partial charge in [-0.1, -0.05) is 18.1 Å². The Kier molecular flexibility index (Phi) is 3.21. The second kappa shape index (κ2) is 4.40. The molecule has 1 aromatic carbocycles. The van der Waals surface area contributed by atoms with Crippen molar-refractivity contribution in [2.24, 2.45) is 0 Å². The zero-order valence-electron chi connectivity index (χ0n) is 6.86. The van der Waals surface area contributed by atoms with Gasteiger partial charge in [-0.3, -0.25) is 14.9 Å². The predicted octanol–water partition coefficient (Wildman–Crippen LogP) is 1.71. The predicted molar refractivity (Wildman–Crippen MR) is 50.8 cm³/mol. The molecule has 0 aliphatic carbocycles. The molecule has 0 bridgehead atoms. The minimum Gasteiger partial charge on any atom is -0.266 e. The molecule has 1 aromatic rings. The third-order valence-corrected chi connectivity index (χ3v) is 1.49. The Morgan fingerprint density at radius 1 is 1.43 bits per heavy atom. The highest BCUT2D eigenvalue weighted by molar-refractivity contribution is 6.68. The topological polar surface area (TPSA) is 60.2 Å². The summed E-state index contributed by atoms with van der Waals surface area (Å²) in [5.41, 5.74) is 0.0319. The fourth-order valence-electron chi connectivity index (χ4n) is 0.855. The highest BCUT2D eigenvalue weighted by Gasteiger charge is 2.09. The molecule has 0 fully saturated rings. The van der Waals surface area contributed by atoms with Crippen molar-refractivity contribution in [3.8, 4) is 11.8 Å². The number of hydrogen-bond donors (Lipinski definition) is 0. The van der Waals surface area contributed by atoms with E-state index in [1.54, 1.807) is 6.07 Å². The normalized spacial score (nSPS) is 8.64. The summed E-state index contributed by atoms with van der Waals surface area (Å²) in [6.07, 6.45) is 0. The standard InChI is InChI=1S/C9H4ClNO3/c10-9(12)6-5-7-3-1-2-4-8(7)11(13)14/h1-4H. The molecule has 0 saturated carbocycles. The van der Waals surface area contributed by atoms with Crippen LogP contribution in [-0.2, 0) is 4.79 Å². The van der Waals surface area contributed by atoms with Crippen LogP contribution < -0.4 is 0 Å². The lowest BCUT2D eigenvalue weighted by atomic mass is 10.2. The van der Waals surface area contributed by atoms with Crippen LogP contribution in [-0.4, -0.2) is 10.2 Å². The number of benzene rings is 1. The van der Waals surface area contributed by atoms with Crippen molar-refractivity contribution in [3.05, 3.63) is 39.9 Å². The molecule has 0 aliphatic heterocycles. The Morgan fingerprint density at radius 3 is 2.64 bits per heavy atom. The van der Waals surface area contributed by atoms with Crippen LogP contribution in [0.1, 0.15) is 5.56 Å². The second-order valence-corrected chi connectivity index (χ2v) is 2.64. The number of halogens is 1. The summed E-state index contributed by atoms with van der Waals surface area (Å²) in [5, 5.41) is 9.64. The van der Waals surface area contributed by atoms with Crippen LogP contribution in [0.5, 0.6) is 0 Å². The smallest absolute Gasteiger partial charge is 0.266 e. The minimum absolute atomic E-state index is 0.141. The van der Waals surface area contributed by atoms with Crippen LogP contribution in [0.3, 0.4) is 0 Å². The monoisotopic (exact) mass is 209 g/mol. The Labute approximate surface area is 84.6 Å². The first-order valence-electron chi connectivity index (χ1n) is 3.56. The lowest BCUT2D eigenvalue weighted by Gasteiger charge is -1.92. The molecular weight excluding hydrogens is 206 g/mol. The van der Waals surface area contributed by atoms with Crippen LogP contribution in [0, 0.1) is 22.0 Å². The summed E-state index contributed by atoms with van der Waals surface area (Å²) < 4.78 is 0. The van der Waals surface area contributed by atoms with Gasteiger partial charge in [-0.05, 0) is 23.6 Å². The summed E-state index contributed by atoms with van der Waals surface area (Å²) in [6, 6.07) is 5.87. The van der Waals surface area contributed by atoms with Crippen molar-refractivity contribution in [1.82, 2.24) is 0 Å². The molecule has 1 rings (SSSR count). The van der Waals surface area contributed by atoms with E-state index in [1.165, 1.54) is 18.2 Å². The molecule has 0 unspecified atom stereocenters. The first-order chi connectivity index (χ1) is 6.61. The summed E-state index contributed by atoms with van der Waals surface area (Å²) in [7, 11) is 0. The Balaban J connectivity index is 3.16. The number of para-hydroxylation sites is 1. The van der Waals surface area contributed by atoms with Gasteiger partial charge in [-0.15, -0.1) is 0 Å². The van der Waals surface area contributed by atoms with Gasteiger partial charge in [0.05, 0.1) is 4.92 Å². The number of rotatable bonds is 1. The van der Waals surface area contributed by atoms with Crippen LogP contribution in [0.25, 0.3) is 0 Å². The molecule has 70 valence electrons. The van der Waals surface area contributed by atoms with E-state index in [2.05, 4.69) is 5.92 Å². The maximum absolute atomic E-state index is 10.5. The van der Waals surface area contributed by atoms with Crippen LogP contribution in [0.2, 0.25) is 0 Å². The van der Waals surface area contributed by atoms with Gasteiger partial charge in [0.15, 0.2) is 0 Å². The minimum atomic E-state index is -0.844. The maximum atomic E-state index is 10.5. The third-order valence-electron chi connectivity index (χ3n) is 1.40. The van der Waals surface area contributed by atoms with Crippen molar-refractivity contribution in [2.75, 3.05) is 0 Å². The van der Waals surface area contributed by atoms with E-state index in [0.717, 1.165) is 0 Å². The molecule has 0 amide bonds. The number of carbonyl (C=O) groups is 1. The Hall–Kier alpha value is -1.86. The van der Waals surface area contributed by atoms with Gasteiger partial charge < -0.3 is 0 Å². The van der Waals surface area contributed by atoms with Crippen molar-refractivity contribution in [2.45, 2.75) is 0 Å². The summed E-state index contributed by atoms with van der Waals surface area (Å²) in [6.45, 7) is 0. The van der Waals surface area contributed by atoms with E-state index < -0.39 is 10.2 Å². The van der Waals surface area contributed by atoms with Gasteiger partial charge in [0.1, 0.15) is 5.56 Å². The zero-order chi connectivity index (χ0) is 10.6. The largest absolute Gasteiger partial charge is 0.296 e. The summed E-state index contributed by atoms with van der Waals surface area (Å²) in [5.74, 6) is 4.35. The average molecular weight is 210 g/mol. The van der Waals surface area contributed by atoms with Gasteiger partial charge in [-0.2, -0.15) is 0 Å². The van der Waals surface area contributed by atoms with E-state index in [4.69, 9.17) is 11.6 Å². The lowest BCUT2D eigenvalue weighted by molar-refractivity contribution is -0.385. The highest BCUT2D eigenvalue weighted by Crippen LogP contribution is 2.15. The molecule has 0 atom stereocenters. The molecule has 0 radical (unpaired) electrons. The van der Waals surface area contributed by atoms with Crippen molar-refractivity contribution >= 4 is 22.5 Å². The molecule has 0 spiro atoms. The second-order valence-electron chi connectivity index (χ2n) is 2.30. The maximum Gasteiger partial charge on any atom is 0.296 e. The number of hydrogen-bond acceptors (Lipinski definition) is 3. The van der Waals surface area contributed by atoms with Gasteiger partial charge in [-0.25, -0.2) is 0 Å². The average Bonchev–Trinajstić information content (AvgIpc) is 2.15. The molecule has 4 nitrogen and oxygen atoms in total. The fourth-order valence-corrected chi connectivity index (χ4v) is 0.902. The van der Waals surface area contributed by atoms with E-state index in [0.29, 0.717) is 0 Å². The Bertz CT molecular complexity index is 445. The SMILES string of the molecule is O=C(Cl)C#Cc1ccccc1[N+](=O)[O-]. The fraction of sp³-hybridized carbons (Fsp3) is 0. The number of nitrogens with zero attached hydrogens (tertiary/aromatic N) is 1. The third kappa shape index (κ3) is 2.57. The summed E-state index contributed by atoms with van der Waals surface area (Å²) in [4.78, 5) is 20.2. The van der Waals surface area contributed by atoms with Crippen LogP contribution >= 0.6 is 11.6 Å². The van der Waals surface area contributed by atoms with Crippen molar-refractivity contribution in [1.29, 1.82) is 0 Å². The number of nitro groups is 1. The Morgan fingerprint density at radius 2 is 2.07 bits per heavy atom. The van der Waals surface area contributed by atoms with E-state index in [1.807, 2.05) is 5.92 Å². The molecule has 0 N–H and O–H groups in total. The first-order valence-corrected chi connectivity index (χ1v) is 3.94. The van der Waals surface area contributed by atoms with Gasteiger partial charge in [0, 0.05) is 6.07 Å². The van der Waals surface area contributed by atoms with Crippen molar-refractivity contribution in [3.63, 3.8) is 0 Å². The molecule has 14 heavy (non-hydrogen) atoms. The zero-order valence-corrected chi connectivity index (χ0v) is 7.62. The van der Waals surface area contributed by atoms with Crippen LogP contribution in [0.15, 0.2) is 24.3 Å². The van der Waals surface area contributed by atoms with E-state index in [-0.39, 0.29) is 11.3 Å². The van der Waals surface area contributed by atoms with Gasteiger partial charge in [0.2, 0.25) is 0 Å². The molecule has 5 heteroatoms. The molecular formula is C9H4ClNO3. The number of carbonyl (C=O) groups excluding carboxylic acids is 1. The van der Waals surface area contributed by atoms with Crippen molar-refractivity contribution < 1.29 is 9.72 Å². The molecule has 0 aliphatic rings. The molecule has 0 heterocycles. The quantitative estimate of drug-likeness (QED) is 0.306. The van der Waals surface area contributed by atoms with E-state index >= 15 is 0 Å². The van der Waals surface area contributed by atoms with Crippen LogP contribution in [0.4, 0.5) is 5.69 Å². The lowest BCUT2D eigenvalue weighted by Crippen LogP contribution is -1.91. The molecule has 0 aromatic heterocycles. The summed E-state index contributed by atoms with van der Waals surface area (Å²) >= 11 is 4.98. The van der Waals surface area contributed by atoms with Gasteiger partial charge in [0.25, 0.3) is 10.9 Å². The first kappa shape index (κ1) is 10.2. The van der Waals surface area contributed by atoms with Gasteiger partial charge >= 0.3 is 0 Å².